The molecule has 0 aliphatic rings. The third kappa shape index (κ3) is 7.70. The Kier molecular flexibility index (Phi) is 10.2. The first-order valence-corrected chi connectivity index (χ1v) is 13.6. The second-order valence-electron chi connectivity index (χ2n) is 9.53. The van der Waals surface area contributed by atoms with Gasteiger partial charge >= 0.3 is 12.1 Å². The summed E-state index contributed by atoms with van der Waals surface area (Å²) < 4.78 is 44.7. The molecule has 5 rings (SSSR count). The summed E-state index contributed by atoms with van der Waals surface area (Å²) in [6.07, 6.45) is -2.93. The molecule has 47 heavy (non-hydrogen) atoms. The maximum absolute atomic E-state index is 11.0. The average molecular weight is 657 g/mol. The van der Waals surface area contributed by atoms with Crippen LogP contribution in [0.4, 0.5) is 30.4 Å². The number of hydrogen-bond acceptors (Lipinski definition) is 11. The van der Waals surface area contributed by atoms with Crippen LogP contribution >= 0.6 is 0 Å². The maximum atomic E-state index is 11.0. The first kappa shape index (κ1) is 33.6. The van der Waals surface area contributed by atoms with Crippen molar-refractivity contribution in [2.75, 3.05) is 23.8 Å². The van der Waals surface area contributed by atoms with E-state index in [1.165, 1.54) is 12.1 Å². The zero-order valence-electron chi connectivity index (χ0n) is 24.5. The molecule has 2 aromatic carbocycles. The van der Waals surface area contributed by atoms with E-state index in [1.807, 2.05) is 41.8 Å². The number of alkyl halides is 3. The molecule has 0 aliphatic carbocycles. The minimum absolute atomic E-state index is 0.0406. The topological polar surface area (TPSA) is 238 Å². The van der Waals surface area contributed by atoms with Gasteiger partial charge in [0, 0.05) is 36.5 Å². The zero-order chi connectivity index (χ0) is 34.3. The van der Waals surface area contributed by atoms with Crippen LogP contribution in [0.25, 0.3) is 33.8 Å². The Hall–Kier alpha value is -6.27. The standard InChI is InChI=1S/C26H26N10O4.C2HF3O2/c1-2-34-23-19(39-14-6-13-35(26(28)29)17-9-11-18(12-10-17)36(37)38)15-30-20(16-7-4-3-5-8-16)21(23)31-25(34)22-24(27)33-40-32-22;3-2(4,5)1(6)7/h3-5,7-12,15H,2,6,13-14H2,1H3,(H2,27,33)(H3,28,29);(H,6,7). The predicted octanol–water partition coefficient (Wildman–Crippen LogP) is 4.46. The van der Waals surface area contributed by atoms with Gasteiger partial charge in [0.05, 0.1) is 23.4 Å². The summed E-state index contributed by atoms with van der Waals surface area (Å²) in [6.45, 7) is 3.13. The van der Waals surface area contributed by atoms with Crippen molar-refractivity contribution >= 4 is 40.2 Å². The van der Waals surface area contributed by atoms with Gasteiger partial charge in [-0.15, -0.1) is 0 Å². The molecular weight excluding hydrogens is 629 g/mol. The SMILES string of the molecule is CCn1c(-c2nonc2N)nc2c(-c3ccccc3)ncc(OCCCN(C(=N)N)c3ccc([N+](=O)[O-])cc3)c21.O=C(O)C(F)(F)F. The number of nitrogens with one attached hydrogen (secondary N) is 1. The number of ether oxygens (including phenoxy) is 1. The summed E-state index contributed by atoms with van der Waals surface area (Å²) in [7, 11) is 0. The number of rotatable bonds is 10. The highest BCUT2D eigenvalue weighted by atomic mass is 19.4. The fourth-order valence-electron chi connectivity index (χ4n) is 4.41. The lowest BCUT2D eigenvalue weighted by molar-refractivity contribution is -0.384. The van der Waals surface area contributed by atoms with Crippen LogP contribution in [-0.4, -0.2) is 66.1 Å². The van der Waals surface area contributed by atoms with Crippen molar-refractivity contribution in [3.8, 4) is 28.5 Å². The van der Waals surface area contributed by atoms with E-state index in [4.69, 9.17) is 41.1 Å². The van der Waals surface area contributed by atoms with Gasteiger partial charge in [0.1, 0.15) is 11.0 Å². The predicted molar refractivity (Wildman–Crippen MR) is 163 cm³/mol. The second kappa shape index (κ2) is 14.2. The summed E-state index contributed by atoms with van der Waals surface area (Å²) in [5, 5.41) is 33.7. The molecule has 0 atom stereocenters. The molecule has 0 unspecified atom stereocenters. The van der Waals surface area contributed by atoms with Crippen LogP contribution in [0.15, 0.2) is 65.4 Å². The lowest BCUT2D eigenvalue weighted by Crippen LogP contribution is -2.37. The van der Waals surface area contributed by atoms with Crippen molar-refractivity contribution in [2.24, 2.45) is 5.73 Å². The van der Waals surface area contributed by atoms with Crippen LogP contribution in [0.5, 0.6) is 5.75 Å². The average Bonchev–Trinajstić information content (AvgIpc) is 3.64. The Morgan fingerprint density at radius 3 is 2.34 bits per heavy atom. The van der Waals surface area contributed by atoms with E-state index in [-0.39, 0.29) is 24.1 Å². The minimum atomic E-state index is -5.08. The number of pyridine rings is 1. The summed E-state index contributed by atoms with van der Waals surface area (Å²) in [4.78, 5) is 30.4. The molecule has 0 amide bonds. The van der Waals surface area contributed by atoms with E-state index in [2.05, 4.69) is 15.3 Å². The van der Waals surface area contributed by atoms with Crippen LogP contribution in [0.2, 0.25) is 0 Å². The van der Waals surface area contributed by atoms with Crippen molar-refractivity contribution in [3.05, 3.63) is 70.9 Å². The van der Waals surface area contributed by atoms with Gasteiger partial charge in [-0.1, -0.05) is 30.3 Å². The van der Waals surface area contributed by atoms with Gasteiger partial charge in [-0.25, -0.2) is 19.4 Å². The zero-order valence-corrected chi connectivity index (χ0v) is 24.5. The maximum Gasteiger partial charge on any atom is 0.490 e. The summed E-state index contributed by atoms with van der Waals surface area (Å²) in [5.74, 6) is -1.83. The van der Waals surface area contributed by atoms with Gasteiger partial charge in [0.15, 0.2) is 29.0 Å². The highest BCUT2D eigenvalue weighted by Gasteiger charge is 2.38. The molecular formula is C28H27F3N10O6. The van der Waals surface area contributed by atoms with Gasteiger partial charge < -0.3 is 30.8 Å². The molecule has 0 fully saturated rings. The summed E-state index contributed by atoms with van der Waals surface area (Å²) >= 11 is 0. The molecule has 5 aromatic rings. The summed E-state index contributed by atoms with van der Waals surface area (Å²) in [6, 6.07) is 15.5. The summed E-state index contributed by atoms with van der Waals surface area (Å²) in [5.41, 5.74) is 15.5. The number of benzene rings is 2. The van der Waals surface area contributed by atoms with Gasteiger partial charge in [-0.05, 0) is 35.8 Å². The van der Waals surface area contributed by atoms with Crippen LogP contribution in [0, 0.1) is 15.5 Å². The number of aromatic nitrogens is 5. The number of nitrogen functional groups attached to an aromatic ring is 1. The lowest BCUT2D eigenvalue weighted by atomic mass is 10.1. The second-order valence-corrected chi connectivity index (χ2v) is 9.53. The van der Waals surface area contributed by atoms with Gasteiger partial charge in [-0.3, -0.25) is 15.5 Å². The van der Waals surface area contributed by atoms with Gasteiger partial charge in [0.25, 0.3) is 5.69 Å². The number of anilines is 2. The van der Waals surface area contributed by atoms with Crippen molar-refractivity contribution in [3.63, 3.8) is 0 Å². The number of guanidine groups is 1. The number of nitro benzene ring substituents is 1. The lowest BCUT2D eigenvalue weighted by Gasteiger charge is -2.22. The smallest absolute Gasteiger partial charge is 0.490 e. The molecule has 3 heterocycles. The number of imidazole rings is 1. The van der Waals surface area contributed by atoms with E-state index >= 15 is 0 Å². The molecule has 0 radical (unpaired) electrons. The first-order chi connectivity index (χ1) is 22.3. The number of nitrogens with two attached hydrogens (primary N) is 2. The van der Waals surface area contributed by atoms with Crippen molar-refractivity contribution < 1.29 is 37.4 Å². The molecule has 0 spiro atoms. The number of carbonyl (C=O) groups is 1. The molecule has 246 valence electrons. The van der Waals surface area contributed by atoms with Crippen LogP contribution in [0.1, 0.15) is 13.3 Å². The molecule has 6 N–H and O–H groups in total. The van der Waals surface area contributed by atoms with E-state index in [0.717, 1.165) is 5.56 Å². The number of hydrogen-bond donors (Lipinski definition) is 4. The number of carboxylic acid groups (broad SMARTS) is 1. The van der Waals surface area contributed by atoms with Crippen molar-refractivity contribution in [1.82, 2.24) is 24.8 Å². The highest BCUT2D eigenvalue weighted by molar-refractivity contribution is 5.96. The van der Waals surface area contributed by atoms with Gasteiger partial charge in [-0.2, -0.15) is 13.2 Å². The monoisotopic (exact) mass is 656 g/mol. The van der Waals surface area contributed by atoms with Gasteiger partial charge in [0.2, 0.25) is 0 Å². The Morgan fingerprint density at radius 2 is 1.81 bits per heavy atom. The number of halogens is 3. The number of nitro groups is 1. The number of aliphatic carboxylic acids is 1. The number of aryl methyl sites for hydroxylation is 1. The largest absolute Gasteiger partial charge is 0.490 e. The molecule has 0 saturated carbocycles. The molecule has 16 nitrogen and oxygen atoms in total. The Balaban J connectivity index is 0.000000644. The van der Waals surface area contributed by atoms with Crippen LogP contribution < -0.4 is 21.1 Å². The van der Waals surface area contributed by atoms with E-state index < -0.39 is 17.1 Å². The molecule has 0 bridgehead atoms. The Bertz CT molecular complexity index is 1880. The Labute approximate surface area is 263 Å². The van der Waals surface area contributed by atoms with Crippen LogP contribution in [-0.2, 0) is 11.3 Å². The third-order valence-electron chi connectivity index (χ3n) is 6.51. The van der Waals surface area contributed by atoms with E-state index in [1.54, 1.807) is 23.2 Å². The number of non-ortho nitro benzene ring substituents is 1. The number of fused-ring (bicyclic) bond motifs is 1. The Morgan fingerprint density at radius 1 is 1.15 bits per heavy atom. The van der Waals surface area contributed by atoms with Crippen molar-refractivity contribution in [1.29, 1.82) is 5.41 Å². The van der Waals surface area contributed by atoms with E-state index in [9.17, 15) is 23.3 Å². The van der Waals surface area contributed by atoms with Crippen LogP contribution in [0.3, 0.4) is 0 Å². The minimum Gasteiger partial charge on any atom is -0.490 e. The fourth-order valence-corrected chi connectivity index (χ4v) is 4.41. The van der Waals surface area contributed by atoms with Crippen molar-refractivity contribution in [2.45, 2.75) is 26.1 Å². The molecule has 19 heteroatoms. The molecule has 0 saturated heterocycles. The quantitative estimate of drug-likeness (QED) is 0.0534. The molecule has 0 aliphatic heterocycles. The molecule has 3 aromatic heterocycles. The fraction of sp³-hybridized carbons (Fsp3) is 0.214. The third-order valence-corrected chi connectivity index (χ3v) is 6.51. The number of nitrogens with zero attached hydrogens (tertiary/aromatic N) is 7. The van der Waals surface area contributed by atoms with E-state index in [0.29, 0.717) is 59.2 Å². The highest BCUT2D eigenvalue weighted by Crippen LogP contribution is 2.36. The normalized spacial score (nSPS) is 11.1. The first-order valence-electron chi connectivity index (χ1n) is 13.6. The number of carboxylic acids is 1.